The summed E-state index contributed by atoms with van der Waals surface area (Å²) in [6.07, 6.45) is 5.67. The predicted octanol–water partition coefficient (Wildman–Crippen LogP) is 4.36. The highest BCUT2D eigenvalue weighted by atomic mass is 32.1. The maximum atomic E-state index is 13.1. The van der Waals surface area contributed by atoms with E-state index in [0.29, 0.717) is 12.3 Å². The molecule has 2 heterocycles. The summed E-state index contributed by atoms with van der Waals surface area (Å²) in [5.74, 6) is 0.815. The molecule has 2 bridgehead atoms. The second-order valence-corrected chi connectivity index (χ2v) is 10.2. The van der Waals surface area contributed by atoms with Gasteiger partial charge in [0, 0.05) is 42.3 Å². The Morgan fingerprint density at radius 3 is 2.67 bits per heavy atom. The number of rotatable bonds is 5. The number of fused-ring (bicyclic) bond motifs is 3. The normalized spacial score (nSPS) is 27.3. The zero-order valence-electron chi connectivity index (χ0n) is 17.4. The van der Waals surface area contributed by atoms with Crippen molar-refractivity contribution < 1.29 is 9.59 Å². The van der Waals surface area contributed by atoms with Crippen molar-refractivity contribution in [3.8, 4) is 0 Å². The molecule has 0 spiro atoms. The van der Waals surface area contributed by atoms with E-state index in [1.165, 1.54) is 16.0 Å². The third-order valence-corrected chi connectivity index (χ3v) is 8.37. The smallest absolute Gasteiger partial charge is 0.223 e. The highest BCUT2D eigenvalue weighted by molar-refractivity contribution is 7.10. The van der Waals surface area contributed by atoms with Crippen molar-refractivity contribution in [1.82, 2.24) is 10.2 Å². The van der Waals surface area contributed by atoms with Crippen LogP contribution in [0.1, 0.15) is 54.1 Å². The van der Waals surface area contributed by atoms with Crippen LogP contribution in [0, 0.1) is 17.8 Å². The second-order valence-electron chi connectivity index (χ2n) is 9.16. The lowest BCUT2D eigenvalue weighted by molar-refractivity contribution is -0.137. The van der Waals surface area contributed by atoms with E-state index in [9.17, 15) is 9.59 Å². The number of thiophene rings is 1. The number of hydrogen-bond donors (Lipinski definition) is 1. The number of carbonyl (C=O) groups excluding carboxylic acids is 2. The molecule has 0 radical (unpaired) electrons. The van der Waals surface area contributed by atoms with Crippen LogP contribution in [0.25, 0.3) is 0 Å². The Morgan fingerprint density at radius 1 is 1.13 bits per heavy atom. The summed E-state index contributed by atoms with van der Waals surface area (Å²) in [5.41, 5.74) is 2.68. The largest absolute Gasteiger partial charge is 0.354 e. The van der Waals surface area contributed by atoms with Crippen molar-refractivity contribution in [1.29, 1.82) is 0 Å². The van der Waals surface area contributed by atoms with Crippen LogP contribution in [0.3, 0.4) is 0 Å². The van der Waals surface area contributed by atoms with Gasteiger partial charge in [0.15, 0.2) is 0 Å². The second kappa shape index (κ2) is 8.64. The lowest BCUT2D eigenvalue weighted by Gasteiger charge is -2.38. The van der Waals surface area contributed by atoms with Gasteiger partial charge in [-0.2, -0.15) is 0 Å². The fourth-order valence-electron chi connectivity index (χ4n) is 5.70. The number of carbonyl (C=O) groups is 2. The quantitative estimate of drug-likeness (QED) is 0.779. The minimum absolute atomic E-state index is 0.000689. The van der Waals surface area contributed by atoms with E-state index in [2.05, 4.69) is 45.9 Å². The van der Waals surface area contributed by atoms with E-state index in [0.717, 1.165) is 51.6 Å². The van der Waals surface area contributed by atoms with Crippen LogP contribution in [-0.4, -0.2) is 29.7 Å². The minimum atomic E-state index is -0.000689. The Balaban J connectivity index is 1.27. The predicted molar refractivity (Wildman–Crippen MR) is 119 cm³/mol. The van der Waals surface area contributed by atoms with Gasteiger partial charge in [0.1, 0.15) is 5.78 Å². The molecule has 2 saturated carbocycles. The van der Waals surface area contributed by atoms with Gasteiger partial charge < -0.3 is 5.32 Å². The molecule has 1 N–H and O–H groups in total. The Labute approximate surface area is 182 Å². The van der Waals surface area contributed by atoms with Crippen molar-refractivity contribution in [2.45, 2.75) is 51.1 Å². The number of ketones is 1. The lowest BCUT2D eigenvalue weighted by Crippen LogP contribution is -2.45. The molecule has 5 rings (SSSR count). The van der Waals surface area contributed by atoms with Crippen LogP contribution in [0.2, 0.25) is 0 Å². The molecule has 5 heteroatoms. The van der Waals surface area contributed by atoms with Crippen LogP contribution in [-0.2, 0) is 22.6 Å². The first kappa shape index (κ1) is 20.0. The topological polar surface area (TPSA) is 49.4 Å². The molecule has 2 aromatic rings. The molecular weight excluding hydrogens is 392 g/mol. The third kappa shape index (κ3) is 3.97. The lowest BCUT2D eigenvalue weighted by atomic mass is 9.67. The van der Waals surface area contributed by atoms with Crippen molar-refractivity contribution in [2.24, 2.45) is 17.8 Å². The minimum Gasteiger partial charge on any atom is -0.354 e. The zero-order valence-corrected chi connectivity index (χ0v) is 18.2. The fourth-order valence-corrected chi connectivity index (χ4v) is 6.59. The summed E-state index contributed by atoms with van der Waals surface area (Å²) in [6, 6.07) is 13.0. The van der Waals surface area contributed by atoms with E-state index in [4.69, 9.17) is 0 Å². The number of Topliss-reactive ketones (excluding diaryl/α,β-unsaturated/α-hetero) is 1. The standard InChI is InChI=1S/C25H30N2O2S/c28-24-18-7-4-8-19(24)14-21(13-18)25(29)26-15-22(17-5-2-1-3-6-17)27-11-9-23-20(16-27)10-12-30-23/h1-3,5-6,10,12,18-19,21-22H,4,7-9,11,13-16H2,(H,26,29)/t18-,19+,21?,22-/m0/s1. The number of hydrogen-bond acceptors (Lipinski definition) is 4. The number of amides is 1. The molecule has 1 aromatic heterocycles. The fraction of sp³-hybridized carbons (Fsp3) is 0.520. The van der Waals surface area contributed by atoms with E-state index in [-0.39, 0.29) is 29.7 Å². The van der Waals surface area contributed by atoms with Crippen molar-refractivity contribution >= 4 is 23.0 Å². The number of benzene rings is 1. The Bertz CT molecular complexity index is 893. The van der Waals surface area contributed by atoms with Gasteiger partial charge in [0.05, 0.1) is 6.04 Å². The van der Waals surface area contributed by atoms with E-state index in [1.807, 2.05) is 17.4 Å². The van der Waals surface area contributed by atoms with Gasteiger partial charge in [-0.25, -0.2) is 0 Å². The Hall–Kier alpha value is -1.98. The molecule has 4 nitrogen and oxygen atoms in total. The molecule has 1 amide bonds. The van der Waals surface area contributed by atoms with Crippen molar-refractivity contribution in [2.75, 3.05) is 13.1 Å². The first-order chi connectivity index (χ1) is 14.7. The summed E-state index contributed by atoms with van der Waals surface area (Å²) in [6.45, 7) is 2.59. The molecule has 1 unspecified atom stereocenters. The van der Waals surface area contributed by atoms with Gasteiger partial charge in [-0.1, -0.05) is 36.8 Å². The summed E-state index contributed by atoms with van der Waals surface area (Å²) >= 11 is 1.86. The number of nitrogens with zero attached hydrogens (tertiary/aromatic N) is 1. The Morgan fingerprint density at radius 2 is 1.90 bits per heavy atom. The molecule has 158 valence electrons. The molecule has 0 saturated heterocycles. The van der Waals surface area contributed by atoms with Crippen LogP contribution in [0.4, 0.5) is 0 Å². The SMILES string of the molecule is O=C(NC[C@@H](c1ccccc1)N1CCc2sccc2C1)C1C[C@H]2CCC[C@@H](C1)C2=O. The van der Waals surface area contributed by atoms with E-state index >= 15 is 0 Å². The number of nitrogens with one attached hydrogen (secondary N) is 1. The summed E-state index contributed by atoms with van der Waals surface area (Å²) < 4.78 is 0. The van der Waals surface area contributed by atoms with Crippen LogP contribution in [0.5, 0.6) is 0 Å². The van der Waals surface area contributed by atoms with Crippen LogP contribution < -0.4 is 5.32 Å². The monoisotopic (exact) mass is 422 g/mol. The van der Waals surface area contributed by atoms with Gasteiger partial charge in [-0.15, -0.1) is 11.3 Å². The average Bonchev–Trinajstić information content (AvgIpc) is 3.22. The maximum Gasteiger partial charge on any atom is 0.223 e. The highest BCUT2D eigenvalue weighted by Crippen LogP contribution is 2.40. The summed E-state index contributed by atoms with van der Waals surface area (Å²) in [5, 5.41) is 5.47. The van der Waals surface area contributed by atoms with Gasteiger partial charge in [-0.3, -0.25) is 14.5 Å². The molecule has 4 atom stereocenters. The molecule has 3 aliphatic rings. The Kier molecular flexibility index (Phi) is 5.74. The third-order valence-electron chi connectivity index (χ3n) is 7.35. The van der Waals surface area contributed by atoms with E-state index in [1.54, 1.807) is 0 Å². The highest BCUT2D eigenvalue weighted by Gasteiger charge is 2.41. The maximum absolute atomic E-state index is 13.1. The van der Waals surface area contributed by atoms with Gasteiger partial charge in [0.25, 0.3) is 0 Å². The van der Waals surface area contributed by atoms with Crippen molar-refractivity contribution in [3.63, 3.8) is 0 Å². The molecule has 1 aliphatic heterocycles. The van der Waals surface area contributed by atoms with Gasteiger partial charge >= 0.3 is 0 Å². The van der Waals surface area contributed by atoms with Crippen molar-refractivity contribution in [3.05, 3.63) is 57.8 Å². The van der Waals surface area contributed by atoms with Gasteiger partial charge in [0.2, 0.25) is 5.91 Å². The van der Waals surface area contributed by atoms with Crippen LogP contribution >= 0.6 is 11.3 Å². The van der Waals surface area contributed by atoms with Crippen LogP contribution in [0.15, 0.2) is 41.8 Å². The van der Waals surface area contributed by atoms with E-state index < -0.39 is 0 Å². The van der Waals surface area contributed by atoms with Gasteiger partial charge in [-0.05, 0) is 54.7 Å². The zero-order chi connectivity index (χ0) is 20.5. The molecule has 1 aromatic carbocycles. The first-order valence-corrected chi connectivity index (χ1v) is 12.2. The first-order valence-electron chi connectivity index (χ1n) is 11.3. The molecular formula is C25H30N2O2S. The molecule has 2 aliphatic carbocycles. The average molecular weight is 423 g/mol. The molecule has 30 heavy (non-hydrogen) atoms. The molecule has 2 fully saturated rings. The summed E-state index contributed by atoms with van der Waals surface area (Å²) in [4.78, 5) is 29.5. The summed E-state index contributed by atoms with van der Waals surface area (Å²) in [7, 11) is 0.